The summed E-state index contributed by atoms with van der Waals surface area (Å²) in [5.74, 6) is -0.283. The number of carbonyl (C=O) groups excluding carboxylic acids is 1. The van der Waals surface area contributed by atoms with Gasteiger partial charge in [0.2, 0.25) is 0 Å². The number of nitrogens with zero attached hydrogens (tertiary/aromatic N) is 1. The molecule has 0 spiro atoms. The van der Waals surface area contributed by atoms with Gasteiger partial charge in [-0.15, -0.1) is 4.91 Å². The minimum absolute atomic E-state index is 0.159. The third-order valence-electron chi connectivity index (χ3n) is 2.33. The molecular formula is C11H15BN2O3. The summed E-state index contributed by atoms with van der Waals surface area (Å²) >= 11 is 0. The largest absolute Gasteiger partial charge is 0.465 e. The highest BCUT2D eigenvalue weighted by molar-refractivity contribution is 6.33. The lowest BCUT2D eigenvalue weighted by molar-refractivity contribution is -0.142. The number of rotatable bonds is 6. The summed E-state index contributed by atoms with van der Waals surface area (Å²) in [6.45, 7) is 2.81. The maximum atomic E-state index is 11.1. The molecule has 90 valence electrons. The molecule has 1 rings (SSSR count). The van der Waals surface area contributed by atoms with Gasteiger partial charge in [-0.1, -0.05) is 11.5 Å². The van der Waals surface area contributed by atoms with Crippen LogP contribution in [0.15, 0.2) is 23.4 Å². The van der Waals surface area contributed by atoms with E-state index < -0.39 is 0 Å². The first-order valence-electron chi connectivity index (χ1n) is 5.46. The fraction of sp³-hybridized carbons (Fsp3) is 0.364. The Labute approximate surface area is 101 Å². The molecule has 0 amide bonds. The lowest BCUT2D eigenvalue weighted by Gasteiger charge is -2.07. The highest BCUT2D eigenvalue weighted by Gasteiger charge is 2.03. The molecule has 0 bridgehead atoms. The standard InChI is InChI=1S/C11H15BN2O3/c1-2-17-11(15)7-13-6-8-5-9(14-16)3-4-10(8)12/h3-5,13H,2,6-7,12H2,1H3. The van der Waals surface area contributed by atoms with Gasteiger partial charge in [-0.05, 0) is 29.8 Å². The Balaban J connectivity index is 2.51. The zero-order valence-electron chi connectivity index (χ0n) is 10.0. The molecule has 0 aliphatic heterocycles. The molecule has 0 saturated heterocycles. The number of ether oxygens (including phenoxy) is 1. The number of nitrogens with one attached hydrogen (secondary N) is 1. The van der Waals surface area contributed by atoms with Crippen LogP contribution >= 0.6 is 0 Å². The Bertz CT molecular complexity index is 410. The normalized spacial score (nSPS) is 9.94. The molecule has 1 aromatic rings. The van der Waals surface area contributed by atoms with Crippen LogP contribution < -0.4 is 10.8 Å². The molecule has 0 saturated carbocycles. The number of nitroso groups, excluding NO2 is 1. The third-order valence-corrected chi connectivity index (χ3v) is 2.33. The average Bonchev–Trinajstić information content (AvgIpc) is 2.32. The Morgan fingerprint density at radius 1 is 1.53 bits per heavy atom. The van der Waals surface area contributed by atoms with Gasteiger partial charge in [0, 0.05) is 6.54 Å². The van der Waals surface area contributed by atoms with Gasteiger partial charge in [-0.3, -0.25) is 4.79 Å². The van der Waals surface area contributed by atoms with E-state index in [0.29, 0.717) is 18.8 Å². The van der Waals surface area contributed by atoms with E-state index in [1.54, 1.807) is 19.1 Å². The Kier molecular flexibility index (Phi) is 5.35. The quantitative estimate of drug-likeness (QED) is 0.427. The van der Waals surface area contributed by atoms with Crippen molar-refractivity contribution in [2.75, 3.05) is 13.2 Å². The number of esters is 1. The van der Waals surface area contributed by atoms with E-state index in [1.807, 2.05) is 13.9 Å². The SMILES string of the molecule is Bc1ccc(N=O)cc1CNCC(=O)OCC. The van der Waals surface area contributed by atoms with E-state index in [4.69, 9.17) is 4.74 Å². The number of hydrogen-bond donors (Lipinski definition) is 1. The van der Waals surface area contributed by atoms with Gasteiger partial charge in [0.1, 0.15) is 13.5 Å². The van der Waals surface area contributed by atoms with Crippen LogP contribution in [0.4, 0.5) is 5.69 Å². The lowest BCUT2D eigenvalue weighted by atomic mass is 9.90. The van der Waals surface area contributed by atoms with Crippen molar-refractivity contribution in [3.05, 3.63) is 28.7 Å². The molecule has 0 radical (unpaired) electrons. The lowest BCUT2D eigenvalue weighted by Crippen LogP contribution is -2.26. The van der Waals surface area contributed by atoms with Gasteiger partial charge in [0.25, 0.3) is 0 Å². The predicted octanol–water partition coefficient (Wildman–Crippen LogP) is -0.00440. The topological polar surface area (TPSA) is 67.8 Å². The van der Waals surface area contributed by atoms with E-state index >= 15 is 0 Å². The fourth-order valence-corrected chi connectivity index (χ4v) is 1.42. The molecular weight excluding hydrogens is 219 g/mol. The zero-order chi connectivity index (χ0) is 12.7. The van der Waals surface area contributed by atoms with Gasteiger partial charge >= 0.3 is 5.97 Å². The van der Waals surface area contributed by atoms with Crippen molar-refractivity contribution < 1.29 is 9.53 Å². The van der Waals surface area contributed by atoms with Crippen LogP contribution in [0, 0.1) is 4.91 Å². The van der Waals surface area contributed by atoms with Crippen molar-refractivity contribution >= 4 is 25.0 Å². The Morgan fingerprint density at radius 3 is 2.94 bits per heavy atom. The molecule has 0 aromatic heterocycles. The van der Waals surface area contributed by atoms with Gasteiger partial charge in [-0.2, -0.15) is 0 Å². The van der Waals surface area contributed by atoms with Gasteiger partial charge in [0.05, 0.1) is 13.2 Å². The Morgan fingerprint density at radius 2 is 2.29 bits per heavy atom. The van der Waals surface area contributed by atoms with Crippen LogP contribution in [0.3, 0.4) is 0 Å². The van der Waals surface area contributed by atoms with E-state index in [1.165, 1.54) is 0 Å². The summed E-state index contributed by atoms with van der Waals surface area (Å²) in [6.07, 6.45) is 0. The first-order valence-corrected chi connectivity index (χ1v) is 5.46. The molecule has 0 atom stereocenters. The first-order chi connectivity index (χ1) is 8.17. The average molecular weight is 234 g/mol. The maximum Gasteiger partial charge on any atom is 0.319 e. The highest BCUT2D eigenvalue weighted by Crippen LogP contribution is 2.11. The summed E-state index contributed by atoms with van der Waals surface area (Å²) in [5, 5.41) is 5.84. The molecule has 0 heterocycles. The predicted molar refractivity (Wildman–Crippen MR) is 68.4 cm³/mol. The zero-order valence-corrected chi connectivity index (χ0v) is 10.0. The fourth-order valence-electron chi connectivity index (χ4n) is 1.42. The summed E-state index contributed by atoms with van der Waals surface area (Å²) in [6, 6.07) is 5.20. The molecule has 17 heavy (non-hydrogen) atoms. The smallest absolute Gasteiger partial charge is 0.319 e. The van der Waals surface area contributed by atoms with Crippen LogP contribution in [-0.2, 0) is 16.1 Å². The van der Waals surface area contributed by atoms with Crippen molar-refractivity contribution in [2.45, 2.75) is 13.5 Å². The second kappa shape index (κ2) is 6.80. The van der Waals surface area contributed by atoms with Crippen molar-refractivity contribution in [3.8, 4) is 0 Å². The van der Waals surface area contributed by atoms with Gasteiger partial charge in [0.15, 0.2) is 0 Å². The molecule has 5 nitrogen and oxygen atoms in total. The van der Waals surface area contributed by atoms with Crippen molar-refractivity contribution in [1.29, 1.82) is 0 Å². The molecule has 1 N–H and O–H groups in total. The van der Waals surface area contributed by atoms with Crippen LogP contribution in [-0.4, -0.2) is 27.0 Å². The summed E-state index contributed by atoms with van der Waals surface area (Å²) < 4.78 is 4.78. The highest BCUT2D eigenvalue weighted by atomic mass is 16.5. The number of hydrogen-bond acceptors (Lipinski definition) is 5. The van der Waals surface area contributed by atoms with Crippen molar-refractivity contribution in [3.63, 3.8) is 0 Å². The number of carbonyl (C=O) groups is 1. The molecule has 0 unspecified atom stereocenters. The van der Waals surface area contributed by atoms with E-state index in [-0.39, 0.29) is 12.5 Å². The second-order valence-corrected chi connectivity index (χ2v) is 3.61. The minimum atomic E-state index is -0.283. The van der Waals surface area contributed by atoms with E-state index in [9.17, 15) is 9.70 Å². The van der Waals surface area contributed by atoms with Crippen LogP contribution in [0.25, 0.3) is 0 Å². The van der Waals surface area contributed by atoms with Crippen LogP contribution in [0.1, 0.15) is 12.5 Å². The Hall–Kier alpha value is -1.69. The minimum Gasteiger partial charge on any atom is -0.465 e. The van der Waals surface area contributed by atoms with Gasteiger partial charge < -0.3 is 10.1 Å². The van der Waals surface area contributed by atoms with E-state index in [2.05, 4.69) is 10.5 Å². The number of benzene rings is 1. The molecule has 0 aliphatic rings. The van der Waals surface area contributed by atoms with Crippen LogP contribution in [0.5, 0.6) is 0 Å². The summed E-state index contributed by atoms with van der Waals surface area (Å²) in [7, 11) is 1.94. The molecule has 0 aliphatic carbocycles. The molecule has 6 heteroatoms. The van der Waals surface area contributed by atoms with Gasteiger partial charge in [-0.25, -0.2) is 0 Å². The second-order valence-electron chi connectivity index (χ2n) is 3.61. The first kappa shape index (κ1) is 13.4. The monoisotopic (exact) mass is 234 g/mol. The molecule has 1 aromatic carbocycles. The van der Waals surface area contributed by atoms with E-state index in [0.717, 1.165) is 11.0 Å². The summed E-state index contributed by atoms with van der Waals surface area (Å²) in [5.41, 5.74) is 2.39. The maximum absolute atomic E-state index is 11.1. The van der Waals surface area contributed by atoms with Crippen molar-refractivity contribution in [2.24, 2.45) is 5.18 Å². The third kappa shape index (κ3) is 4.36. The molecule has 0 fully saturated rings. The summed E-state index contributed by atoms with van der Waals surface area (Å²) in [4.78, 5) is 21.5. The van der Waals surface area contributed by atoms with Crippen molar-refractivity contribution in [1.82, 2.24) is 5.32 Å². The van der Waals surface area contributed by atoms with Crippen LogP contribution in [0.2, 0.25) is 0 Å².